The standard InChI is InChI=1S/C15H17N3.ClHN4/c1-18-11-16-15(17-18)14-9-7-13(8-10-14)12-5-3-2-4-6-12;1-3-5-4-2/h5,7-11H,2-4,6H2,1H3;2H. The smallest absolute Gasteiger partial charge is 0.181 e. The van der Waals surface area contributed by atoms with Gasteiger partial charge in [-0.2, -0.15) is 10.6 Å². The van der Waals surface area contributed by atoms with Crippen LogP contribution in [0.25, 0.3) is 17.0 Å². The van der Waals surface area contributed by atoms with Gasteiger partial charge in [0, 0.05) is 12.6 Å². The van der Waals surface area contributed by atoms with Crippen LogP contribution in [0.15, 0.2) is 51.7 Å². The van der Waals surface area contributed by atoms with E-state index in [-0.39, 0.29) is 0 Å². The van der Waals surface area contributed by atoms with Crippen LogP contribution in [-0.4, -0.2) is 14.8 Å². The molecule has 0 radical (unpaired) electrons. The number of hydrogen-bond donors (Lipinski definition) is 1. The molecule has 0 spiro atoms. The lowest BCUT2D eigenvalue weighted by molar-refractivity contribution is 0.742. The minimum absolute atomic E-state index is 0.793. The van der Waals surface area contributed by atoms with Gasteiger partial charge in [0.05, 0.1) is 11.8 Å². The highest BCUT2D eigenvalue weighted by Gasteiger charge is 2.07. The first-order valence-corrected chi connectivity index (χ1v) is 7.61. The molecule has 1 aromatic carbocycles. The Balaban J connectivity index is 0.000000338. The van der Waals surface area contributed by atoms with Crippen LogP contribution in [0.4, 0.5) is 0 Å². The topological polar surface area (TPSA) is 91.6 Å². The fourth-order valence-electron chi connectivity index (χ4n) is 2.42. The lowest BCUT2D eigenvalue weighted by Crippen LogP contribution is -1.92. The van der Waals surface area contributed by atoms with Crippen LogP contribution in [0, 0.1) is 5.53 Å². The monoisotopic (exact) mass is 331 g/mol. The van der Waals surface area contributed by atoms with Gasteiger partial charge in [0.15, 0.2) is 5.82 Å². The number of halogens is 1. The predicted octanol–water partition coefficient (Wildman–Crippen LogP) is 4.98. The van der Waals surface area contributed by atoms with Crippen molar-refractivity contribution in [3.8, 4) is 11.4 Å². The quantitative estimate of drug-likeness (QED) is 0.634. The molecule has 0 atom stereocenters. The molecule has 1 N–H and O–H groups in total. The molecule has 120 valence electrons. The largest absolute Gasteiger partial charge is 0.255 e. The zero-order chi connectivity index (χ0) is 16.5. The minimum Gasteiger partial charge on any atom is -0.255 e. The number of rotatable bonds is 3. The second kappa shape index (κ2) is 8.89. The molecule has 23 heavy (non-hydrogen) atoms. The van der Waals surface area contributed by atoms with E-state index in [0.717, 1.165) is 11.4 Å². The highest BCUT2D eigenvalue weighted by Crippen LogP contribution is 2.27. The normalized spacial score (nSPS) is 14.1. The average molecular weight is 332 g/mol. The van der Waals surface area contributed by atoms with Crippen molar-refractivity contribution in [2.24, 2.45) is 22.1 Å². The predicted molar refractivity (Wildman–Crippen MR) is 88.7 cm³/mol. The third kappa shape index (κ3) is 5.07. The summed E-state index contributed by atoms with van der Waals surface area (Å²) >= 11 is 4.55. The molecule has 0 aliphatic heterocycles. The van der Waals surface area contributed by atoms with Gasteiger partial charge in [-0.25, -0.2) is 4.98 Å². The third-order valence-electron chi connectivity index (χ3n) is 3.48. The highest BCUT2D eigenvalue weighted by atomic mass is 35.5. The van der Waals surface area contributed by atoms with E-state index in [0.29, 0.717) is 0 Å². The van der Waals surface area contributed by atoms with E-state index in [2.05, 4.69) is 67.3 Å². The summed E-state index contributed by atoms with van der Waals surface area (Å²) in [4.78, 5) is 4.27. The first-order valence-electron chi connectivity index (χ1n) is 7.28. The first kappa shape index (κ1) is 17.0. The molecule has 8 heteroatoms. The molecule has 1 aliphatic rings. The van der Waals surface area contributed by atoms with Crippen LogP contribution in [0.2, 0.25) is 0 Å². The number of nitrogens with one attached hydrogen (secondary N) is 1. The summed E-state index contributed by atoms with van der Waals surface area (Å²) in [6.45, 7) is 0. The summed E-state index contributed by atoms with van der Waals surface area (Å²) in [7, 11) is 1.89. The maximum atomic E-state index is 5.88. The van der Waals surface area contributed by atoms with Crippen LogP contribution in [0.5, 0.6) is 0 Å². The second-order valence-electron chi connectivity index (χ2n) is 5.06. The molecule has 1 aromatic heterocycles. The average Bonchev–Trinajstić information content (AvgIpc) is 3.04. The van der Waals surface area contributed by atoms with E-state index in [9.17, 15) is 0 Å². The Morgan fingerprint density at radius 1 is 1.17 bits per heavy atom. The fourth-order valence-corrected chi connectivity index (χ4v) is 2.46. The van der Waals surface area contributed by atoms with E-state index in [1.807, 2.05) is 7.05 Å². The molecule has 1 heterocycles. The van der Waals surface area contributed by atoms with Crippen molar-refractivity contribution in [1.29, 1.82) is 5.53 Å². The van der Waals surface area contributed by atoms with Gasteiger partial charge in [-0.05, 0) is 47.3 Å². The lowest BCUT2D eigenvalue weighted by atomic mass is 9.93. The van der Waals surface area contributed by atoms with Gasteiger partial charge in [-0.3, -0.25) is 4.68 Å². The van der Waals surface area contributed by atoms with Crippen molar-refractivity contribution >= 4 is 17.3 Å². The van der Waals surface area contributed by atoms with Crippen molar-refractivity contribution in [2.45, 2.75) is 25.7 Å². The minimum atomic E-state index is 0.793. The molecular weight excluding hydrogens is 314 g/mol. The van der Waals surface area contributed by atoms with Gasteiger partial charge in [-0.1, -0.05) is 35.0 Å². The second-order valence-corrected chi connectivity index (χ2v) is 5.21. The van der Waals surface area contributed by atoms with Gasteiger partial charge in [0.25, 0.3) is 0 Å². The van der Waals surface area contributed by atoms with Crippen LogP contribution < -0.4 is 0 Å². The molecule has 0 saturated heterocycles. The van der Waals surface area contributed by atoms with Gasteiger partial charge in [0.2, 0.25) is 0 Å². The van der Waals surface area contributed by atoms with E-state index >= 15 is 0 Å². The molecule has 0 saturated carbocycles. The maximum Gasteiger partial charge on any atom is 0.181 e. The summed E-state index contributed by atoms with van der Waals surface area (Å²) in [5.74, 6) is 0.793. The lowest BCUT2D eigenvalue weighted by Gasteiger charge is -2.12. The van der Waals surface area contributed by atoms with Crippen molar-refractivity contribution in [2.75, 3.05) is 0 Å². The molecule has 0 unspecified atom stereocenters. The number of hydrogen-bond acceptors (Lipinski definition) is 4. The van der Waals surface area contributed by atoms with Crippen molar-refractivity contribution < 1.29 is 0 Å². The van der Waals surface area contributed by atoms with Gasteiger partial charge in [0.1, 0.15) is 6.33 Å². The van der Waals surface area contributed by atoms with E-state index in [1.165, 1.54) is 36.8 Å². The Kier molecular flexibility index (Phi) is 6.56. The summed E-state index contributed by atoms with van der Waals surface area (Å²) in [6, 6.07) is 8.59. The Bertz CT molecular complexity index is 688. The summed E-state index contributed by atoms with van der Waals surface area (Å²) in [6.07, 6.45) is 9.18. The number of aryl methyl sites for hydroxylation is 1. The highest BCUT2D eigenvalue weighted by molar-refractivity contribution is 6.13. The van der Waals surface area contributed by atoms with Crippen molar-refractivity contribution in [3.63, 3.8) is 0 Å². The number of aromatic nitrogens is 3. The van der Waals surface area contributed by atoms with E-state index < -0.39 is 0 Å². The Morgan fingerprint density at radius 2 is 1.91 bits per heavy atom. The van der Waals surface area contributed by atoms with Crippen LogP contribution in [0.3, 0.4) is 0 Å². The summed E-state index contributed by atoms with van der Waals surface area (Å²) in [5.41, 5.74) is 9.79. The zero-order valence-electron chi connectivity index (χ0n) is 12.9. The van der Waals surface area contributed by atoms with Crippen molar-refractivity contribution in [1.82, 2.24) is 14.8 Å². The maximum absolute atomic E-state index is 5.88. The molecule has 0 fully saturated rings. The zero-order valence-corrected chi connectivity index (χ0v) is 13.6. The summed E-state index contributed by atoms with van der Waals surface area (Å²) in [5, 5.41) is 9.40. The Hall–Kier alpha value is -2.41. The molecule has 0 amide bonds. The van der Waals surface area contributed by atoms with Gasteiger partial charge in [-0.15, -0.1) is 0 Å². The number of nitrogens with zero attached hydrogens (tertiary/aromatic N) is 6. The van der Waals surface area contributed by atoms with Gasteiger partial charge < -0.3 is 0 Å². The van der Waals surface area contributed by atoms with Crippen LogP contribution >= 0.6 is 11.8 Å². The Morgan fingerprint density at radius 3 is 2.39 bits per heavy atom. The third-order valence-corrected chi connectivity index (χ3v) is 3.55. The molecular formula is C15H18ClN7. The van der Waals surface area contributed by atoms with Crippen LogP contribution in [-0.2, 0) is 7.05 Å². The molecule has 0 bridgehead atoms. The summed E-state index contributed by atoms with van der Waals surface area (Å²) < 4.78 is 4.33. The molecule has 2 aromatic rings. The fraction of sp³-hybridized carbons (Fsp3) is 0.333. The molecule has 3 rings (SSSR count). The number of benzene rings is 1. The molecule has 7 nitrogen and oxygen atoms in total. The first-order chi connectivity index (χ1) is 11.2. The Labute approximate surface area is 139 Å². The molecule has 1 aliphatic carbocycles. The van der Waals surface area contributed by atoms with Crippen molar-refractivity contribution in [3.05, 3.63) is 42.2 Å². The van der Waals surface area contributed by atoms with Gasteiger partial charge >= 0.3 is 0 Å². The van der Waals surface area contributed by atoms with E-state index in [4.69, 9.17) is 5.53 Å². The SMILES string of the molecule is Cn1cnc(-c2ccc(C3=CCCCC3)cc2)n1.N=NN=NCl. The van der Waals surface area contributed by atoms with Crippen LogP contribution in [0.1, 0.15) is 31.2 Å². The van der Waals surface area contributed by atoms with E-state index in [1.54, 1.807) is 11.0 Å². The number of allylic oxidation sites excluding steroid dienone is 2.